The van der Waals surface area contributed by atoms with E-state index >= 15 is 0 Å². The van der Waals surface area contributed by atoms with E-state index in [4.69, 9.17) is 0 Å². The van der Waals surface area contributed by atoms with Gasteiger partial charge >= 0.3 is 0 Å². The molecule has 0 heterocycles. The minimum atomic E-state index is -0.457. The predicted molar refractivity (Wildman–Crippen MR) is 53.8 cm³/mol. The fraction of sp³-hybridized carbons (Fsp3) is 0.364. The van der Waals surface area contributed by atoms with Crippen molar-refractivity contribution in [2.24, 2.45) is 0 Å². The summed E-state index contributed by atoms with van der Waals surface area (Å²) in [7, 11) is 1.66. The Morgan fingerprint density at radius 2 is 2.14 bits per heavy atom. The van der Waals surface area contributed by atoms with Gasteiger partial charge in [0.25, 0.3) is 5.91 Å². The fourth-order valence-electron chi connectivity index (χ4n) is 1.15. The van der Waals surface area contributed by atoms with E-state index < -0.39 is 5.82 Å². The smallest absolute Gasteiger partial charge is 0.256 e. The van der Waals surface area contributed by atoms with Crippen LogP contribution in [0.25, 0.3) is 0 Å². The first-order valence-electron chi connectivity index (χ1n) is 4.58. The van der Waals surface area contributed by atoms with Gasteiger partial charge in [-0.3, -0.25) is 4.79 Å². The summed E-state index contributed by atoms with van der Waals surface area (Å²) >= 11 is 0. The van der Waals surface area contributed by atoms with Crippen LogP contribution in [-0.2, 0) is 0 Å². The highest BCUT2D eigenvalue weighted by Gasteiger charge is 2.14. The monoisotopic (exact) mass is 195 g/mol. The van der Waals surface area contributed by atoms with Crippen molar-refractivity contribution in [1.82, 2.24) is 4.90 Å². The molecule has 0 fully saturated rings. The van der Waals surface area contributed by atoms with Gasteiger partial charge in [0.1, 0.15) is 5.82 Å². The summed E-state index contributed by atoms with van der Waals surface area (Å²) in [5.74, 6) is -0.727. The van der Waals surface area contributed by atoms with Gasteiger partial charge in [-0.25, -0.2) is 4.39 Å². The van der Waals surface area contributed by atoms with Crippen molar-refractivity contribution in [2.45, 2.75) is 13.8 Å². The molecule has 0 radical (unpaired) electrons. The van der Waals surface area contributed by atoms with Gasteiger partial charge in [0.05, 0.1) is 5.56 Å². The van der Waals surface area contributed by atoms with E-state index in [-0.39, 0.29) is 11.5 Å². The Bertz CT molecular complexity index is 349. The standard InChI is InChI=1S/C11H14FNO/c1-4-13(3)11(14)9-7-8(2)5-6-10(9)12/h5-7H,4H2,1-3H3. The fourth-order valence-corrected chi connectivity index (χ4v) is 1.15. The van der Waals surface area contributed by atoms with Crippen LogP contribution < -0.4 is 0 Å². The van der Waals surface area contributed by atoms with E-state index in [1.54, 1.807) is 19.2 Å². The molecule has 0 atom stereocenters. The van der Waals surface area contributed by atoms with Gasteiger partial charge in [-0.15, -0.1) is 0 Å². The Morgan fingerprint density at radius 1 is 1.50 bits per heavy atom. The average molecular weight is 195 g/mol. The van der Waals surface area contributed by atoms with Crippen LogP contribution in [0.5, 0.6) is 0 Å². The number of amides is 1. The van der Waals surface area contributed by atoms with E-state index in [9.17, 15) is 9.18 Å². The molecule has 0 aliphatic carbocycles. The molecule has 3 heteroatoms. The van der Waals surface area contributed by atoms with Crippen molar-refractivity contribution in [3.05, 3.63) is 35.1 Å². The normalized spacial score (nSPS) is 10.0. The highest BCUT2D eigenvalue weighted by atomic mass is 19.1. The molecule has 0 aliphatic heterocycles. The lowest BCUT2D eigenvalue weighted by Gasteiger charge is -2.15. The number of carbonyl (C=O) groups is 1. The summed E-state index contributed by atoms with van der Waals surface area (Å²) in [6.07, 6.45) is 0. The third-order valence-corrected chi connectivity index (χ3v) is 2.17. The van der Waals surface area contributed by atoms with Crippen molar-refractivity contribution in [3.63, 3.8) is 0 Å². The number of hydrogen-bond donors (Lipinski definition) is 0. The average Bonchev–Trinajstić information content (AvgIpc) is 2.19. The number of halogens is 1. The molecule has 0 aromatic heterocycles. The van der Waals surface area contributed by atoms with Gasteiger partial charge < -0.3 is 4.90 Å². The highest BCUT2D eigenvalue weighted by molar-refractivity contribution is 5.94. The highest BCUT2D eigenvalue weighted by Crippen LogP contribution is 2.11. The SMILES string of the molecule is CCN(C)C(=O)c1cc(C)ccc1F. The molecular weight excluding hydrogens is 181 g/mol. The lowest BCUT2D eigenvalue weighted by molar-refractivity contribution is 0.0797. The van der Waals surface area contributed by atoms with Crippen molar-refractivity contribution >= 4 is 5.91 Å². The summed E-state index contributed by atoms with van der Waals surface area (Å²) < 4.78 is 13.3. The number of carbonyl (C=O) groups excluding carboxylic acids is 1. The van der Waals surface area contributed by atoms with Gasteiger partial charge in [-0.05, 0) is 26.0 Å². The second-order valence-corrected chi connectivity index (χ2v) is 3.30. The number of benzene rings is 1. The summed E-state index contributed by atoms with van der Waals surface area (Å²) in [5, 5.41) is 0. The Balaban J connectivity index is 3.06. The third kappa shape index (κ3) is 2.10. The zero-order valence-corrected chi connectivity index (χ0v) is 8.67. The molecule has 1 aromatic carbocycles. The second-order valence-electron chi connectivity index (χ2n) is 3.30. The zero-order chi connectivity index (χ0) is 10.7. The number of hydrogen-bond acceptors (Lipinski definition) is 1. The van der Waals surface area contributed by atoms with E-state index in [1.165, 1.54) is 11.0 Å². The maximum Gasteiger partial charge on any atom is 0.256 e. The van der Waals surface area contributed by atoms with Gasteiger partial charge in [0, 0.05) is 13.6 Å². The maximum atomic E-state index is 13.3. The number of nitrogens with zero attached hydrogens (tertiary/aromatic N) is 1. The number of aryl methyl sites for hydroxylation is 1. The predicted octanol–water partition coefficient (Wildman–Crippen LogP) is 2.23. The summed E-state index contributed by atoms with van der Waals surface area (Å²) in [5.41, 5.74) is 1.04. The van der Waals surface area contributed by atoms with Crippen LogP contribution in [0, 0.1) is 12.7 Å². The molecule has 0 N–H and O–H groups in total. The zero-order valence-electron chi connectivity index (χ0n) is 8.67. The Morgan fingerprint density at radius 3 is 2.71 bits per heavy atom. The molecule has 1 amide bonds. The molecule has 0 saturated carbocycles. The van der Waals surface area contributed by atoms with Crippen LogP contribution in [-0.4, -0.2) is 24.4 Å². The molecular formula is C11H14FNO. The van der Waals surface area contributed by atoms with Crippen molar-refractivity contribution in [3.8, 4) is 0 Å². The van der Waals surface area contributed by atoms with Crippen LogP contribution in [0.2, 0.25) is 0 Å². The summed E-state index contributed by atoms with van der Waals surface area (Å²) in [6, 6.07) is 4.55. The molecule has 2 nitrogen and oxygen atoms in total. The minimum Gasteiger partial charge on any atom is -0.342 e. The number of rotatable bonds is 2. The molecule has 0 spiro atoms. The first kappa shape index (κ1) is 10.7. The third-order valence-electron chi connectivity index (χ3n) is 2.17. The molecule has 0 saturated heterocycles. The largest absolute Gasteiger partial charge is 0.342 e. The van der Waals surface area contributed by atoms with Gasteiger partial charge in [0.2, 0.25) is 0 Å². The quantitative estimate of drug-likeness (QED) is 0.708. The molecule has 76 valence electrons. The van der Waals surface area contributed by atoms with Crippen molar-refractivity contribution < 1.29 is 9.18 Å². The first-order chi connectivity index (χ1) is 6.56. The van der Waals surface area contributed by atoms with Crippen LogP contribution in [0.1, 0.15) is 22.8 Å². The Labute approximate surface area is 83.3 Å². The van der Waals surface area contributed by atoms with E-state index in [1.807, 2.05) is 13.8 Å². The second kappa shape index (κ2) is 4.22. The van der Waals surface area contributed by atoms with Crippen molar-refractivity contribution in [1.29, 1.82) is 0 Å². The van der Waals surface area contributed by atoms with Crippen LogP contribution >= 0.6 is 0 Å². The summed E-state index contributed by atoms with van der Waals surface area (Å²) in [4.78, 5) is 13.1. The van der Waals surface area contributed by atoms with Crippen LogP contribution in [0.3, 0.4) is 0 Å². The van der Waals surface area contributed by atoms with E-state index in [0.717, 1.165) is 5.56 Å². The van der Waals surface area contributed by atoms with Crippen LogP contribution in [0.15, 0.2) is 18.2 Å². The van der Waals surface area contributed by atoms with Crippen LogP contribution in [0.4, 0.5) is 4.39 Å². The van der Waals surface area contributed by atoms with E-state index in [2.05, 4.69) is 0 Å². The first-order valence-corrected chi connectivity index (χ1v) is 4.58. The van der Waals surface area contributed by atoms with Gasteiger partial charge in [-0.1, -0.05) is 11.6 Å². The van der Waals surface area contributed by atoms with Gasteiger partial charge in [0.15, 0.2) is 0 Å². The topological polar surface area (TPSA) is 20.3 Å². The summed E-state index contributed by atoms with van der Waals surface area (Å²) in [6.45, 7) is 4.26. The lowest BCUT2D eigenvalue weighted by Crippen LogP contribution is -2.27. The Kier molecular flexibility index (Phi) is 3.23. The molecule has 0 unspecified atom stereocenters. The molecule has 1 rings (SSSR count). The van der Waals surface area contributed by atoms with E-state index in [0.29, 0.717) is 6.54 Å². The molecule has 14 heavy (non-hydrogen) atoms. The maximum absolute atomic E-state index is 13.3. The minimum absolute atomic E-state index is 0.148. The Hall–Kier alpha value is -1.38. The molecule has 0 aliphatic rings. The molecule has 0 bridgehead atoms. The van der Waals surface area contributed by atoms with Crippen molar-refractivity contribution in [2.75, 3.05) is 13.6 Å². The molecule has 1 aromatic rings. The lowest BCUT2D eigenvalue weighted by atomic mass is 10.1. The van der Waals surface area contributed by atoms with Gasteiger partial charge in [-0.2, -0.15) is 0 Å².